The van der Waals surface area contributed by atoms with Gasteiger partial charge in [0.15, 0.2) is 17.5 Å². The number of carbonyl (C=O) groups excluding carboxylic acids is 1. The maximum absolute atomic E-state index is 14.0. The number of nitrogens with zero attached hydrogens (tertiary/aromatic N) is 1. The lowest BCUT2D eigenvalue weighted by Gasteiger charge is -2.22. The molecule has 0 fully saturated rings. The lowest BCUT2D eigenvalue weighted by molar-refractivity contribution is -0.116. The van der Waals surface area contributed by atoms with Crippen LogP contribution in [0.1, 0.15) is 13.3 Å². The van der Waals surface area contributed by atoms with Gasteiger partial charge >= 0.3 is 0 Å². The maximum atomic E-state index is 14.0. The van der Waals surface area contributed by atoms with Crippen LogP contribution in [-0.4, -0.2) is 38.8 Å². The van der Waals surface area contributed by atoms with Crippen molar-refractivity contribution in [2.75, 3.05) is 25.5 Å². The van der Waals surface area contributed by atoms with Gasteiger partial charge in [-0.25, -0.2) is 21.6 Å². The first-order chi connectivity index (χ1) is 13.2. The van der Waals surface area contributed by atoms with Crippen molar-refractivity contribution < 1.29 is 31.1 Å². The van der Waals surface area contributed by atoms with Crippen LogP contribution in [0.2, 0.25) is 0 Å². The van der Waals surface area contributed by atoms with Crippen molar-refractivity contribution in [3.63, 3.8) is 0 Å². The third-order valence-corrected chi connectivity index (χ3v) is 5.65. The summed E-state index contributed by atoms with van der Waals surface area (Å²) >= 11 is 0. The molecule has 0 heterocycles. The molecule has 0 aliphatic carbocycles. The molecule has 2 rings (SSSR count). The van der Waals surface area contributed by atoms with Crippen LogP contribution in [0.3, 0.4) is 0 Å². The number of para-hydroxylation sites is 2. The zero-order chi connectivity index (χ0) is 20.9. The second-order valence-electron chi connectivity index (χ2n) is 5.76. The molecule has 0 saturated heterocycles. The third-order valence-electron chi connectivity index (χ3n) is 3.79. The average Bonchev–Trinajstić information content (AvgIpc) is 2.66. The van der Waals surface area contributed by atoms with E-state index in [0.29, 0.717) is 34.3 Å². The summed E-state index contributed by atoms with van der Waals surface area (Å²) in [5.74, 6) is -5.56. The van der Waals surface area contributed by atoms with Gasteiger partial charge in [-0.1, -0.05) is 19.1 Å². The lowest BCUT2D eigenvalue weighted by Crippen LogP contribution is -2.39. The number of rotatable bonds is 8. The summed E-state index contributed by atoms with van der Waals surface area (Å²) in [4.78, 5) is 11.3. The Balaban J connectivity index is 2.29. The fourth-order valence-corrected chi connectivity index (χ4v) is 4.02. The molecule has 2 aromatic rings. The van der Waals surface area contributed by atoms with E-state index < -0.39 is 44.8 Å². The third kappa shape index (κ3) is 4.63. The summed E-state index contributed by atoms with van der Waals surface area (Å²) < 4.78 is 71.8. The van der Waals surface area contributed by atoms with E-state index in [-0.39, 0.29) is 6.54 Å². The Labute approximate surface area is 161 Å². The fraction of sp³-hybridized carbons (Fsp3) is 0.278. The SMILES string of the molecule is CCCN(CC(=O)Nc1ccccc1OC)S(=O)(=O)c1ccc(F)c(F)c1F. The number of hydrogen-bond acceptors (Lipinski definition) is 4. The van der Waals surface area contributed by atoms with E-state index in [1.54, 1.807) is 31.2 Å². The number of halogens is 3. The van der Waals surface area contributed by atoms with Gasteiger partial charge < -0.3 is 10.1 Å². The minimum atomic E-state index is -4.58. The number of amides is 1. The summed E-state index contributed by atoms with van der Waals surface area (Å²) in [6.07, 6.45) is 0.312. The molecule has 0 aliphatic rings. The van der Waals surface area contributed by atoms with Gasteiger partial charge in [-0.15, -0.1) is 0 Å². The maximum Gasteiger partial charge on any atom is 0.246 e. The standard InChI is InChI=1S/C18H19F3N2O4S/c1-3-10-23(11-16(24)22-13-6-4-5-7-14(13)27-2)28(25,26)15-9-8-12(19)17(20)18(15)21/h4-9H,3,10-11H2,1-2H3,(H,22,24). The minimum absolute atomic E-state index is 0.125. The first kappa shape index (κ1) is 21.7. The fourth-order valence-electron chi connectivity index (χ4n) is 2.48. The molecule has 0 bridgehead atoms. The Hall–Kier alpha value is -2.59. The number of carbonyl (C=O) groups is 1. The monoisotopic (exact) mass is 416 g/mol. The first-order valence-electron chi connectivity index (χ1n) is 8.28. The van der Waals surface area contributed by atoms with Gasteiger partial charge in [0.05, 0.1) is 19.3 Å². The number of sulfonamides is 1. The molecule has 2 aromatic carbocycles. The molecule has 0 radical (unpaired) electrons. The zero-order valence-corrected chi connectivity index (χ0v) is 16.0. The molecule has 0 spiro atoms. The van der Waals surface area contributed by atoms with Gasteiger partial charge in [0.25, 0.3) is 0 Å². The highest BCUT2D eigenvalue weighted by Gasteiger charge is 2.31. The highest BCUT2D eigenvalue weighted by atomic mass is 32.2. The highest BCUT2D eigenvalue weighted by molar-refractivity contribution is 7.89. The number of ether oxygens (including phenoxy) is 1. The molecule has 0 unspecified atom stereocenters. The van der Waals surface area contributed by atoms with E-state index in [1.807, 2.05) is 0 Å². The van der Waals surface area contributed by atoms with Crippen LogP contribution in [0.4, 0.5) is 18.9 Å². The molecule has 1 amide bonds. The van der Waals surface area contributed by atoms with E-state index >= 15 is 0 Å². The van der Waals surface area contributed by atoms with Crippen LogP contribution in [0.15, 0.2) is 41.3 Å². The van der Waals surface area contributed by atoms with E-state index in [9.17, 15) is 26.4 Å². The molecule has 0 aromatic heterocycles. The van der Waals surface area contributed by atoms with Crippen LogP contribution >= 0.6 is 0 Å². The van der Waals surface area contributed by atoms with Crippen LogP contribution in [-0.2, 0) is 14.8 Å². The number of hydrogen-bond donors (Lipinski definition) is 1. The van der Waals surface area contributed by atoms with Gasteiger partial charge in [0.2, 0.25) is 15.9 Å². The van der Waals surface area contributed by atoms with Gasteiger partial charge in [0.1, 0.15) is 10.6 Å². The Morgan fingerprint density at radius 3 is 2.43 bits per heavy atom. The minimum Gasteiger partial charge on any atom is -0.495 e. The summed E-state index contributed by atoms with van der Waals surface area (Å²) in [7, 11) is -3.17. The van der Waals surface area contributed by atoms with Gasteiger partial charge in [-0.2, -0.15) is 4.31 Å². The molecule has 0 aliphatic heterocycles. The van der Waals surface area contributed by atoms with Crippen molar-refractivity contribution in [1.82, 2.24) is 4.31 Å². The molecule has 0 saturated carbocycles. The Morgan fingerprint density at radius 1 is 1.11 bits per heavy atom. The number of benzene rings is 2. The zero-order valence-electron chi connectivity index (χ0n) is 15.2. The average molecular weight is 416 g/mol. The molecule has 0 atom stereocenters. The van der Waals surface area contributed by atoms with Crippen molar-refractivity contribution in [3.05, 3.63) is 53.8 Å². The van der Waals surface area contributed by atoms with Crippen LogP contribution in [0, 0.1) is 17.5 Å². The van der Waals surface area contributed by atoms with Crippen molar-refractivity contribution in [1.29, 1.82) is 0 Å². The van der Waals surface area contributed by atoms with E-state index in [4.69, 9.17) is 4.74 Å². The van der Waals surface area contributed by atoms with E-state index in [0.717, 1.165) is 0 Å². The predicted octanol–water partition coefficient (Wildman–Crippen LogP) is 3.15. The molecular formula is C18H19F3N2O4S. The van der Waals surface area contributed by atoms with Crippen LogP contribution < -0.4 is 10.1 Å². The smallest absolute Gasteiger partial charge is 0.246 e. The van der Waals surface area contributed by atoms with Crippen molar-refractivity contribution in [3.8, 4) is 5.75 Å². The van der Waals surface area contributed by atoms with E-state index in [1.165, 1.54) is 7.11 Å². The topological polar surface area (TPSA) is 75.7 Å². The molecule has 1 N–H and O–H groups in total. The summed E-state index contributed by atoms with van der Waals surface area (Å²) in [5.41, 5.74) is 0.322. The molecule has 10 heteroatoms. The first-order valence-corrected chi connectivity index (χ1v) is 9.72. The van der Waals surface area contributed by atoms with Crippen molar-refractivity contribution in [2.24, 2.45) is 0 Å². The largest absolute Gasteiger partial charge is 0.495 e. The number of methoxy groups -OCH3 is 1. The van der Waals surface area contributed by atoms with Gasteiger partial charge in [-0.3, -0.25) is 4.79 Å². The highest BCUT2D eigenvalue weighted by Crippen LogP contribution is 2.25. The van der Waals surface area contributed by atoms with E-state index in [2.05, 4.69) is 5.32 Å². The van der Waals surface area contributed by atoms with Gasteiger partial charge in [0, 0.05) is 6.54 Å². The van der Waals surface area contributed by atoms with Gasteiger partial charge in [-0.05, 0) is 30.7 Å². The number of anilines is 1. The molecule has 28 heavy (non-hydrogen) atoms. The summed E-state index contributed by atoms with van der Waals surface area (Å²) in [6, 6.07) is 7.65. The molecule has 152 valence electrons. The Kier molecular flexibility index (Phi) is 7.03. The lowest BCUT2D eigenvalue weighted by atomic mass is 10.3. The predicted molar refractivity (Wildman–Crippen MR) is 97.0 cm³/mol. The second kappa shape index (κ2) is 9.07. The summed E-state index contributed by atoms with van der Waals surface area (Å²) in [5, 5.41) is 2.51. The van der Waals surface area contributed by atoms with Crippen molar-refractivity contribution >= 4 is 21.6 Å². The molecule has 6 nitrogen and oxygen atoms in total. The normalized spacial score (nSPS) is 11.5. The number of nitrogens with one attached hydrogen (secondary N) is 1. The van der Waals surface area contributed by atoms with Crippen molar-refractivity contribution in [2.45, 2.75) is 18.2 Å². The quantitative estimate of drug-likeness (QED) is 0.671. The Bertz CT molecular complexity index is 967. The molecular weight excluding hydrogens is 397 g/mol. The second-order valence-corrected chi connectivity index (χ2v) is 7.67. The summed E-state index contributed by atoms with van der Waals surface area (Å²) in [6.45, 7) is 0.884. The van der Waals surface area contributed by atoms with Crippen LogP contribution in [0.25, 0.3) is 0 Å². The Morgan fingerprint density at radius 2 is 1.79 bits per heavy atom. The van der Waals surface area contributed by atoms with Crippen LogP contribution in [0.5, 0.6) is 5.75 Å².